The molecule has 0 fully saturated rings. The number of amides is 1. The van der Waals surface area contributed by atoms with Crippen LogP contribution in [0.15, 0.2) is 24.3 Å². The van der Waals surface area contributed by atoms with Gasteiger partial charge in [0.1, 0.15) is 11.1 Å². The highest BCUT2D eigenvalue weighted by Crippen LogP contribution is 2.39. The van der Waals surface area contributed by atoms with Crippen LogP contribution in [0.3, 0.4) is 0 Å². The molecule has 0 aliphatic heterocycles. The molecular weight excluding hydrogens is 434 g/mol. The van der Waals surface area contributed by atoms with Crippen LogP contribution in [0, 0.1) is 17.2 Å². The molecule has 0 bridgehead atoms. The maximum Gasteiger partial charge on any atom is 0.339 e. The third kappa shape index (κ3) is 4.11. The number of nitriles is 1. The van der Waals surface area contributed by atoms with Gasteiger partial charge in [-0.05, 0) is 68.1 Å². The Balaban J connectivity index is 1.34. The first-order valence-electron chi connectivity index (χ1n) is 11.5. The molecule has 2 aromatic heterocycles. The zero-order chi connectivity index (χ0) is 22.9. The van der Waals surface area contributed by atoms with Gasteiger partial charge in [-0.2, -0.15) is 5.26 Å². The Morgan fingerprint density at radius 3 is 2.88 bits per heavy atom. The van der Waals surface area contributed by atoms with Crippen molar-refractivity contribution in [1.82, 2.24) is 4.98 Å². The monoisotopic (exact) mass is 459 g/mol. The highest BCUT2D eigenvalue weighted by atomic mass is 32.1. The number of hydrogen-bond acceptors (Lipinski definition) is 6. The van der Waals surface area contributed by atoms with Crippen LogP contribution in [-0.2, 0) is 35.2 Å². The summed E-state index contributed by atoms with van der Waals surface area (Å²) in [5.74, 6) is -0.353. The van der Waals surface area contributed by atoms with Crippen LogP contribution in [0.5, 0.6) is 0 Å². The van der Waals surface area contributed by atoms with Crippen LogP contribution in [0.1, 0.15) is 63.8 Å². The van der Waals surface area contributed by atoms with Gasteiger partial charge in [-0.3, -0.25) is 9.78 Å². The third-order valence-corrected chi connectivity index (χ3v) is 7.75. The fourth-order valence-corrected chi connectivity index (χ4v) is 6.31. The second-order valence-electron chi connectivity index (χ2n) is 8.93. The molecule has 1 N–H and O–H groups in total. The second-order valence-corrected chi connectivity index (χ2v) is 10.0. The van der Waals surface area contributed by atoms with Crippen molar-refractivity contribution in [3.8, 4) is 6.07 Å². The van der Waals surface area contributed by atoms with E-state index >= 15 is 0 Å². The quantitative estimate of drug-likeness (QED) is 0.556. The highest BCUT2D eigenvalue weighted by molar-refractivity contribution is 7.16. The van der Waals surface area contributed by atoms with Crippen molar-refractivity contribution >= 4 is 39.1 Å². The molecule has 33 heavy (non-hydrogen) atoms. The lowest BCUT2D eigenvalue weighted by Gasteiger charge is -2.19. The van der Waals surface area contributed by atoms with Gasteiger partial charge < -0.3 is 10.1 Å². The van der Waals surface area contributed by atoms with E-state index in [1.165, 1.54) is 16.2 Å². The minimum atomic E-state index is -0.498. The molecule has 0 saturated carbocycles. The molecule has 1 amide bonds. The first kappa shape index (κ1) is 21.6. The van der Waals surface area contributed by atoms with Gasteiger partial charge in [0.25, 0.3) is 5.91 Å². The molecule has 6 nitrogen and oxygen atoms in total. The molecule has 3 aromatic rings. The molecule has 2 aliphatic carbocycles. The first-order valence-corrected chi connectivity index (χ1v) is 12.3. The van der Waals surface area contributed by atoms with Crippen LogP contribution in [0.4, 0.5) is 5.00 Å². The molecule has 0 spiro atoms. The van der Waals surface area contributed by atoms with Crippen molar-refractivity contribution in [2.75, 3.05) is 11.9 Å². The Hall–Kier alpha value is -3.24. The topological polar surface area (TPSA) is 92.1 Å². The van der Waals surface area contributed by atoms with Crippen LogP contribution < -0.4 is 5.32 Å². The number of thiophene rings is 1. The number of nitrogens with one attached hydrogen (secondary N) is 1. The minimum Gasteiger partial charge on any atom is -0.452 e. The van der Waals surface area contributed by atoms with Gasteiger partial charge >= 0.3 is 5.97 Å². The zero-order valence-corrected chi connectivity index (χ0v) is 19.4. The maximum atomic E-state index is 13.1. The molecule has 1 aromatic carbocycles. The van der Waals surface area contributed by atoms with Crippen molar-refractivity contribution in [3.05, 3.63) is 57.1 Å². The fraction of sp³-hybridized carbons (Fsp3) is 0.385. The van der Waals surface area contributed by atoms with Crippen LogP contribution in [0.25, 0.3) is 10.9 Å². The van der Waals surface area contributed by atoms with Crippen molar-refractivity contribution in [2.45, 2.75) is 51.9 Å². The Labute approximate surface area is 196 Å². The lowest BCUT2D eigenvalue weighted by atomic mass is 9.89. The Kier molecular flexibility index (Phi) is 5.86. The average Bonchev–Trinajstić information content (AvgIpc) is 3.16. The average molecular weight is 460 g/mol. The molecule has 0 radical (unpaired) electrons. The third-order valence-electron chi connectivity index (χ3n) is 6.58. The summed E-state index contributed by atoms with van der Waals surface area (Å²) < 4.78 is 5.47. The van der Waals surface area contributed by atoms with Gasteiger partial charge in [0, 0.05) is 16.0 Å². The Morgan fingerprint density at radius 1 is 1.21 bits per heavy atom. The molecular formula is C26H25N3O3S. The summed E-state index contributed by atoms with van der Waals surface area (Å²) in [6, 6.07) is 9.81. The van der Waals surface area contributed by atoms with Gasteiger partial charge in [-0.25, -0.2) is 4.79 Å². The largest absolute Gasteiger partial charge is 0.452 e. The molecule has 2 heterocycles. The SMILES string of the molecule is CC1CCc2c(sc(NC(=O)COC(=O)c3c4c(nc5ccccc35)CCCC4)c2C#N)C1. The second kappa shape index (κ2) is 8.95. The number of benzene rings is 1. The number of anilines is 1. The van der Waals surface area contributed by atoms with Gasteiger partial charge in [0.05, 0.1) is 16.6 Å². The Morgan fingerprint density at radius 2 is 2.03 bits per heavy atom. The van der Waals surface area contributed by atoms with E-state index in [1.807, 2.05) is 24.3 Å². The van der Waals surface area contributed by atoms with E-state index in [-0.39, 0.29) is 0 Å². The summed E-state index contributed by atoms with van der Waals surface area (Å²) in [5.41, 5.74) is 4.80. The molecule has 7 heteroatoms. The van der Waals surface area contributed by atoms with Crippen molar-refractivity contribution in [1.29, 1.82) is 5.26 Å². The van der Waals surface area contributed by atoms with Crippen LogP contribution in [0.2, 0.25) is 0 Å². The number of carbonyl (C=O) groups excluding carboxylic acids is 2. The molecule has 1 unspecified atom stereocenters. The number of esters is 1. The standard InChI is InChI=1S/C26H25N3O3S/c1-15-10-11-16-19(13-27)25(33-22(16)12-15)29-23(30)14-32-26(31)24-17-6-2-4-8-20(17)28-21-9-5-3-7-18(21)24/h2,4,6,8,15H,3,5,7,9-12,14H2,1H3,(H,29,30). The predicted molar refractivity (Wildman–Crippen MR) is 128 cm³/mol. The number of hydrogen-bond donors (Lipinski definition) is 1. The van der Waals surface area contributed by atoms with E-state index in [9.17, 15) is 14.9 Å². The van der Waals surface area contributed by atoms with Crippen LogP contribution in [-0.4, -0.2) is 23.5 Å². The summed E-state index contributed by atoms with van der Waals surface area (Å²) >= 11 is 1.47. The van der Waals surface area contributed by atoms with E-state index in [0.717, 1.165) is 72.7 Å². The van der Waals surface area contributed by atoms with E-state index in [1.54, 1.807) is 0 Å². The first-order chi connectivity index (χ1) is 16.0. The van der Waals surface area contributed by atoms with Crippen molar-refractivity contribution in [3.63, 3.8) is 0 Å². The smallest absolute Gasteiger partial charge is 0.339 e. The number of para-hydroxylation sites is 1. The normalized spacial score (nSPS) is 17.0. The minimum absolute atomic E-state index is 0.395. The summed E-state index contributed by atoms with van der Waals surface area (Å²) in [5, 5.41) is 13.8. The summed E-state index contributed by atoms with van der Waals surface area (Å²) in [4.78, 5) is 31.7. The van der Waals surface area contributed by atoms with Crippen molar-refractivity contribution in [2.24, 2.45) is 5.92 Å². The molecule has 1 atom stereocenters. The molecule has 2 aliphatic rings. The number of carbonyl (C=O) groups is 2. The lowest BCUT2D eigenvalue weighted by Crippen LogP contribution is -2.22. The number of nitrogens with zero attached hydrogens (tertiary/aromatic N) is 2. The zero-order valence-electron chi connectivity index (χ0n) is 18.6. The van der Waals surface area contributed by atoms with Gasteiger partial charge in [-0.1, -0.05) is 25.1 Å². The molecule has 5 rings (SSSR count). The van der Waals surface area contributed by atoms with Gasteiger partial charge in [0.2, 0.25) is 0 Å². The van der Waals surface area contributed by atoms with E-state index in [2.05, 4.69) is 18.3 Å². The van der Waals surface area contributed by atoms with E-state index in [0.29, 0.717) is 22.0 Å². The number of aromatic nitrogens is 1. The number of ether oxygens (including phenoxy) is 1. The number of pyridine rings is 1. The summed E-state index contributed by atoms with van der Waals surface area (Å²) in [6.07, 6.45) is 6.54. The molecule has 168 valence electrons. The van der Waals surface area contributed by atoms with Crippen LogP contribution >= 0.6 is 11.3 Å². The Bertz CT molecular complexity index is 1300. The lowest BCUT2D eigenvalue weighted by molar-refractivity contribution is -0.119. The fourth-order valence-electron chi connectivity index (χ4n) is 4.93. The predicted octanol–water partition coefficient (Wildman–Crippen LogP) is 4.97. The van der Waals surface area contributed by atoms with E-state index < -0.39 is 18.5 Å². The van der Waals surface area contributed by atoms with E-state index in [4.69, 9.17) is 9.72 Å². The molecule has 0 saturated heterocycles. The number of aryl methyl sites for hydroxylation is 1. The van der Waals surface area contributed by atoms with Gasteiger partial charge in [-0.15, -0.1) is 11.3 Å². The maximum absolute atomic E-state index is 13.1. The summed E-state index contributed by atoms with van der Waals surface area (Å²) in [6.45, 7) is 1.81. The summed E-state index contributed by atoms with van der Waals surface area (Å²) in [7, 11) is 0. The number of rotatable bonds is 4. The number of fused-ring (bicyclic) bond motifs is 3. The van der Waals surface area contributed by atoms with Crippen molar-refractivity contribution < 1.29 is 14.3 Å². The highest BCUT2D eigenvalue weighted by Gasteiger charge is 2.26. The van der Waals surface area contributed by atoms with Gasteiger partial charge in [0.15, 0.2) is 6.61 Å².